The van der Waals surface area contributed by atoms with Crippen LogP contribution in [0.25, 0.3) is 0 Å². The van der Waals surface area contributed by atoms with Gasteiger partial charge < -0.3 is 14.4 Å². The van der Waals surface area contributed by atoms with E-state index in [4.69, 9.17) is 9.47 Å². The van der Waals surface area contributed by atoms with Gasteiger partial charge in [0.15, 0.2) is 0 Å². The summed E-state index contributed by atoms with van der Waals surface area (Å²) in [4.78, 5) is 14.6. The highest BCUT2D eigenvalue weighted by Gasteiger charge is 2.46. The third-order valence-corrected chi connectivity index (χ3v) is 4.27. The largest absolute Gasteiger partial charge is 0.378 e. The molecule has 0 aromatic carbocycles. The number of morpholine rings is 1. The van der Waals surface area contributed by atoms with Crippen molar-refractivity contribution in [1.29, 1.82) is 0 Å². The third kappa shape index (κ3) is 3.33. The zero-order valence-electron chi connectivity index (χ0n) is 13.6. The average molecular weight is 307 g/mol. The smallest absolute Gasteiger partial charge is 0.228 e. The van der Waals surface area contributed by atoms with E-state index in [1.807, 2.05) is 31.7 Å². The standard InChI is InChI=1S/C16H25N3O3/c1-12-7-13(18-17-12)8-14(20)19-9-15(2,3)22-16(10-19)5-4-6-21-11-16/h7H,4-6,8-11H2,1-3H3,(H,17,18). The molecule has 2 aliphatic rings. The topological polar surface area (TPSA) is 67.5 Å². The zero-order chi connectivity index (χ0) is 15.8. The molecule has 0 bridgehead atoms. The summed E-state index contributed by atoms with van der Waals surface area (Å²) in [5.74, 6) is 0.104. The SMILES string of the molecule is Cc1cc(CC(=O)N2CC(C)(C)OC3(CCCOC3)C2)n[nH]1. The molecule has 1 aromatic rings. The Kier molecular flexibility index (Phi) is 3.99. The molecule has 1 atom stereocenters. The first-order valence-electron chi connectivity index (χ1n) is 7.94. The van der Waals surface area contributed by atoms with E-state index in [-0.39, 0.29) is 17.1 Å². The summed E-state index contributed by atoms with van der Waals surface area (Å²) >= 11 is 0. The van der Waals surface area contributed by atoms with Crippen molar-refractivity contribution in [1.82, 2.24) is 15.1 Å². The first-order chi connectivity index (χ1) is 10.4. The fraction of sp³-hybridized carbons (Fsp3) is 0.750. The van der Waals surface area contributed by atoms with Crippen LogP contribution in [0.4, 0.5) is 0 Å². The number of carbonyl (C=O) groups excluding carboxylic acids is 1. The lowest BCUT2D eigenvalue weighted by Crippen LogP contribution is -2.63. The van der Waals surface area contributed by atoms with Gasteiger partial charge in [-0.2, -0.15) is 5.10 Å². The number of hydrogen-bond donors (Lipinski definition) is 1. The summed E-state index contributed by atoms with van der Waals surface area (Å²) < 4.78 is 11.9. The average Bonchev–Trinajstić information content (AvgIpc) is 2.83. The Labute approximate surface area is 131 Å². The zero-order valence-corrected chi connectivity index (χ0v) is 13.6. The van der Waals surface area contributed by atoms with E-state index in [1.165, 1.54) is 0 Å². The lowest BCUT2D eigenvalue weighted by Gasteiger charge is -2.51. The summed E-state index contributed by atoms with van der Waals surface area (Å²) in [7, 11) is 0. The molecule has 2 aliphatic heterocycles. The van der Waals surface area contributed by atoms with E-state index >= 15 is 0 Å². The van der Waals surface area contributed by atoms with Gasteiger partial charge in [0.1, 0.15) is 5.60 Å². The highest BCUT2D eigenvalue weighted by Crippen LogP contribution is 2.34. The van der Waals surface area contributed by atoms with Crippen LogP contribution in [0, 0.1) is 6.92 Å². The maximum Gasteiger partial charge on any atom is 0.228 e. The number of nitrogens with zero attached hydrogens (tertiary/aromatic N) is 2. The van der Waals surface area contributed by atoms with Gasteiger partial charge in [-0.3, -0.25) is 9.89 Å². The molecular formula is C16H25N3O3. The van der Waals surface area contributed by atoms with Gasteiger partial charge in [0.25, 0.3) is 0 Å². The number of nitrogens with one attached hydrogen (secondary N) is 1. The summed E-state index contributed by atoms with van der Waals surface area (Å²) in [5.41, 5.74) is 1.07. The highest BCUT2D eigenvalue weighted by molar-refractivity contribution is 5.78. The summed E-state index contributed by atoms with van der Waals surface area (Å²) in [5, 5.41) is 7.05. The Morgan fingerprint density at radius 1 is 1.45 bits per heavy atom. The number of aromatic amines is 1. The van der Waals surface area contributed by atoms with Gasteiger partial charge in [0.05, 0.1) is 30.9 Å². The molecule has 0 aliphatic carbocycles. The van der Waals surface area contributed by atoms with Gasteiger partial charge in [0.2, 0.25) is 5.91 Å². The van der Waals surface area contributed by atoms with Crippen LogP contribution in [0.2, 0.25) is 0 Å². The first kappa shape index (κ1) is 15.5. The molecular weight excluding hydrogens is 282 g/mol. The van der Waals surface area contributed by atoms with Crippen molar-refractivity contribution < 1.29 is 14.3 Å². The third-order valence-electron chi connectivity index (χ3n) is 4.27. The molecule has 0 saturated carbocycles. The maximum absolute atomic E-state index is 12.7. The molecule has 6 heteroatoms. The molecule has 122 valence electrons. The lowest BCUT2D eigenvalue weighted by atomic mass is 9.90. The predicted molar refractivity (Wildman–Crippen MR) is 81.6 cm³/mol. The molecule has 3 heterocycles. The van der Waals surface area contributed by atoms with Crippen molar-refractivity contribution in [3.8, 4) is 0 Å². The minimum Gasteiger partial charge on any atom is -0.378 e. The Morgan fingerprint density at radius 3 is 2.91 bits per heavy atom. The monoisotopic (exact) mass is 307 g/mol. The highest BCUT2D eigenvalue weighted by atomic mass is 16.6. The molecule has 1 unspecified atom stereocenters. The molecule has 1 amide bonds. The van der Waals surface area contributed by atoms with Crippen molar-refractivity contribution in [2.75, 3.05) is 26.3 Å². The molecule has 3 rings (SSSR count). The number of rotatable bonds is 2. The molecule has 2 fully saturated rings. The Balaban J connectivity index is 1.72. The Hall–Kier alpha value is -1.40. The second-order valence-corrected chi connectivity index (χ2v) is 7.17. The van der Waals surface area contributed by atoms with Crippen molar-refractivity contribution in [3.05, 3.63) is 17.5 Å². The lowest BCUT2D eigenvalue weighted by molar-refractivity contribution is -0.232. The van der Waals surface area contributed by atoms with Crippen molar-refractivity contribution in [2.45, 2.75) is 51.2 Å². The van der Waals surface area contributed by atoms with E-state index < -0.39 is 0 Å². The minimum absolute atomic E-state index is 0.104. The van der Waals surface area contributed by atoms with Gasteiger partial charge in [-0.1, -0.05) is 0 Å². The summed E-state index contributed by atoms with van der Waals surface area (Å²) in [6.07, 6.45) is 2.26. The number of amides is 1. The van der Waals surface area contributed by atoms with Gasteiger partial charge >= 0.3 is 0 Å². The summed E-state index contributed by atoms with van der Waals surface area (Å²) in [6, 6.07) is 1.92. The fourth-order valence-corrected chi connectivity index (χ4v) is 3.55. The number of H-pyrrole nitrogens is 1. The van der Waals surface area contributed by atoms with Crippen LogP contribution in [0.3, 0.4) is 0 Å². The molecule has 6 nitrogen and oxygen atoms in total. The normalized spacial score (nSPS) is 28.0. The molecule has 2 saturated heterocycles. The molecule has 1 aromatic heterocycles. The predicted octanol–water partition coefficient (Wildman–Crippen LogP) is 1.45. The van der Waals surface area contributed by atoms with E-state index in [0.29, 0.717) is 26.1 Å². The number of carbonyl (C=O) groups is 1. The molecule has 1 spiro atoms. The van der Waals surface area contributed by atoms with Crippen LogP contribution in [0.15, 0.2) is 6.07 Å². The van der Waals surface area contributed by atoms with Crippen LogP contribution in [-0.2, 0) is 20.7 Å². The van der Waals surface area contributed by atoms with Crippen molar-refractivity contribution >= 4 is 5.91 Å². The maximum atomic E-state index is 12.7. The van der Waals surface area contributed by atoms with E-state index in [1.54, 1.807) is 0 Å². The van der Waals surface area contributed by atoms with E-state index in [9.17, 15) is 4.79 Å². The van der Waals surface area contributed by atoms with Gasteiger partial charge in [-0.25, -0.2) is 0 Å². The van der Waals surface area contributed by atoms with Crippen LogP contribution < -0.4 is 0 Å². The summed E-state index contributed by atoms with van der Waals surface area (Å²) in [6.45, 7) is 8.60. The molecule has 1 N–H and O–H groups in total. The fourth-order valence-electron chi connectivity index (χ4n) is 3.55. The van der Waals surface area contributed by atoms with Crippen molar-refractivity contribution in [2.24, 2.45) is 0 Å². The Morgan fingerprint density at radius 2 is 2.27 bits per heavy atom. The van der Waals surface area contributed by atoms with Gasteiger partial charge in [0, 0.05) is 18.8 Å². The number of aryl methyl sites for hydroxylation is 1. The van der Waals surface area contributed by atoms with Crippen LogP contribution in [-0.4, -0.2) is 58.5 Å². The van der Waals surface area contributed by atoms with E-state index in [0.717, 1.165) is 30.8 Å². The quantitative estimate of drug-likeness (QED) is 0.898. The van der Waals surface area contributed by atoms with Crippen LogP contribution >= 0.6 is 0 Å². The van der Waals surface area contributed by atoms with Crippen LogP contribution in [0.1, 0.15) is 38.1 Å². The molecule has 22 heavy (non-hydrogen) atoms. The Bertz CT molecular complexity index is 547. The number of hydrogen-bond acceptors (Lipinski definition) is 4. The van der Waals surface area contributed by atoms with E-state index in [2.05, 4.69) is 10.2 Å². The van der Waals surface area contributed by atoms with Gasteiger partial charge in [-0.05, 0) is 39.7 Å². The second kappa shape index (κ2) is 5.66. The second-order valence-electron chi connectivity index (χ2n) is 7.17. The van der Waals surface area contributed by atoms with Crippen molar-refractivity contribution in [3.63, 3.8) is 0 Å². The number of ether oxygens (including phenoxy) is 2. The van der Waals surface area contributed by atoms with Crippen LogP contribution in [0.5, 0.6) is 0 Å². The van der Waals surface area contributed by atoms with Gasteiger partial charge in [-0.15, -0.1) is 0 Å². The first-order valence-corrected chi connectivity index (χ1v) is 7.94. The number of aromatic nitrogens is 2. The minimum atomic E-state index is -0.351. The molecule has 0 radical (unpaired) electrons.